The third-order valence-corrected chi connectivity index (χ3v) is 3.60. The van der Waals surface area contributed by atoms with Crippen molar-refractivity contribution in [1.29, 1.82) is 0 Å². The zero-order chi connectivity index (χ0) is 14.9. The van der Waals surface area contributed by atoms with Gasteiger partial charge in [0, 0.05) is 0 Å². The molecule has 108 valence electrons. The highest BCUT2D eigenvalue weighted by molar-refractivity contribution is 7.88. The molecular formula is C9H7F6NO2S. The first-order valence-corrected chi connectivity index (χ1v) is 6.26. The summed E-state index contributed by atoms with van der Waals surface area (Å²) in [5, 5.41) is 0. The zero-order valence-electron chi connectivity index (χ0n) is 9.03. The maximum atomic E-state index is 12.2. The van der Waals surface area contributed by atoms with Crippen LogP contribution in [0.1, 0.15) is 5.56 Å². The predicted octanol–water partition coefficient (Wildman–Crippen LogP) is 2.86. The number of hydrogen-bond donors (Lipinski definition) is 0. The minimum atomic E-state index is -6.06. The molecule has 0 fully saturated rings. The van der Waals surface area contributed by atoms with Crippen molar-refractivity contribution in [3.8, 4) is 0 Å². The third-order valence-electron chi connectivity index (χ3n) is 1.93. The van der Waals surface area contributed by atoms with Crippen LogP contribution < -0.4 is 0 Å². The average Bonchev–Trinajstić information content (AvgIpc) is 2.11. The molecule has 1 rings (SSSR count). The van der Waals surface area contributed by atoms with Crippen LogP contribution in [0.15, 0.2) is 30.3 Å². The molecule has 0 amide bonds. The van der Waals surface area contributed by atoms with Crippen molar-refractivity contribution in [3.05, 3.63) is 35.9 Å². The molecule has 1 aromatic rings. The van der Waals surface area contributed by atoms with Gasteiger partial charge in [-0.2, -0.15) is 26.3 Å². The monoisotopic (exact) mass is 307 g/mol. The molecule has 0 aliphatic carbocycles. The van der Waals surface area contributed by atoms with Gasteiger partial charge in [-0.15, -0.1) is 0 Å². The normalized spacial score (nSPS) is 13.8. The minimum absolute atomic E-state index is 0.180. The molecule has 3 nitrogen and oxygen atoms in total. The van der Waals surface area contributed by atoms with Crippen LogP contribution in [0.5, 0.6) is 0 Å². The van der Waals surface area contributed by atoms with Gasteiger partial charge in [-0.05, 0) is 9.87 Å². The lowest BCUT2D eigenvalue weighted by Crippen LogP contribution is -2.51. The predicted molar refractivity (Wildman–Crippen MR) is 53.0 cm³/mol. The molecule has 0 bridgehead atoms. The highest BCUT2D eigenvalue weighted by Crippen LogP contribution is 2.37. The van der Waals surface area contributed by atoms with Gasteiger partial charge in [-0.25, -0.2) is 8.42 Å². The van der Waals surface area contributed by atoms with E-state index in [1.54, 1.807) is 0 Å². The molecule has 0 aromatic heterocycles. The van der Waals surface area contributed by atoms with Crippen molar-refractivity contribution >= 4 is 10.0 Å². The van der Waals surface area contributed by atoms with E-state index in [9.17, 15) is 34.8 Å². The second-order valence-corrected chi connectivity index (χ2v) is 5.26. The number of rotatable bonds is 3. The Bertz CT molecular complexity index is 508. The van der Waals surface area contributed by atoms with E-state index >= 15 is 0 Å². The zero-order valence-corrected chi connectivity index (χ0v) is 9.85. The van der Waals surface area contributed by atoms with Crippen LogP contribution in [-0.4, -0.2) is 25.3 Å². The summed E-state index contributed by atoms with van der Waals surface area (Å²) in [4.78, 5) is 0. The molecule has 0 saturated heterocycles. The molecule has 0 saturated carbocycles. The van der Waals surface area contributed by atoms with Crippen LogP contribution in [0, 0.1) is 0 Å². The molecule has 0 aliphatic heterocycles. The van der Waals surface area contributed by atoms with Gasteiger partial charge in [0.25, 0.3) is 0 Å². The Balaban J connectivity index is 3.16. The highest BCUT2D eigenvalue weighted by Gasteiger charge is 2.60. The van der Waals surface area contributed by atoms with Gasteiger partial charge in [0.05, 0.1) is 5.75 Å². The van der Waals surface area contributed by atoms with Gasteiger partial charge >= 0.3 is 12.6 Å². The van der Waals surface area contributed by atoms with Gasteiger partial charge in [0.15, 0.2) is 0 Å². The summed E-state index contributed by atoms with van der Waals surface area (Å²) >= 11 is 0. The highest BCUT2D eigenvalue weighted by atomic mass is 32.2. The van der Waals surface area contributed by atoms with E-state index in [0.717, 1.165) is 12.1 Å². The molecule has 0 N–H and O–H groups in total. The second-order valence-electron chi connectivity index (χ2n) is 3.44. The summed E-state index contributed by atoms with van der Waals surface area (Å²) in [6.45, 7) is 0. The van der Waals surface area contributed by atoms with Crippen LogP contribution >= 0.6 is 0 Å². The van der Waals surface area contributed by atoms with E-state index < -0.39 is 32.7 Å². The lowest BCUT2D eigenvalue weighted by molar-refractivity contribution is -0.333. The lowest BCUT2D eigenvalue weighted by atomic mass is 10.2. The molecule has 0 radical (unpaired) electrons. The first-order valence-electron chi connectivity index (χ1n) is 4.65. The molecule has 0 heterocycles. The van der Waals surface area contributed by atoms with Gasteiger partial charge in [0.2, 0.25) is 10.0 Å². The second kappa shape index (κ2) is 5.00. The Morgan fingerprint density at radius 1 is 0.895 bits per heavy atom. The lowest BCUT2D eigenvalue weighted by Gasteiger charge is -2.25. The number of sulfonamides is 1. The Morgan fingerprint density at radius 2 is 1.32 bits per heavy atom. The number of nitrogens with zero attached hydrogens (tertiary/aromatic N) is 1. The number of halogens is 6. The maximum Gasteiger partial charge on any atom is 0.480 e. The first-order chi connectivity index (χ1) is 8.44. The van der Waals surface area contributed by atoms with E-state index in [1.807, 2.05) is 0 Å². The molecule has 0 spiro atoms. The van der Waals surface area contributed by atoms with Crippen molar-refractivity contribution in [2.24, 2.45) is 0 Å². The topological polar surface area (TPSA) is 37.4 Å². The SMILES string of the molecule is O=S(=O)(Cc1ccccc1)N(C(F)(F)F)C(F)(F)F. The fourth-order valence-electron chi connectivity index (χ4n) is 1.31. The number of alkyl halides is 6. The van der Waals surface area contributed by atoms with E-state index in [1.165, 1.54) is 18.2 Å². The summed E-state index contributed by atoms with van der Waals surface area (Å²) in [6.07, 6.45) is -12.1. The molecular weight excluding hydrogens is 300 g/mol. The van der Waals surface area contributed by atoms with Crippen LogP contribution in [0.4, 0.5) is 26.3 Å². The van der Waals surface area contributed by atoms with Crippen molar-refractivity contribution in [2.45, 2.75) is 18.4 Å². The Hall–Kier alpha value is -1.29. The van der Waals surface area contributed by atoms with Gasteiger partial charge in [-0.3, -0.25) is 0 Å². The Morgan fingerprint density at radius 3 is 1.68 bits per heavy atom. The van der Waals surface area contributed by atoms with E-state index in [4.69, 9.17) is 0 Å². The fraction of sp³-hybridized carbons (Fsp3) is 0.333. The minimum Gasteiger partial charge on any atom is -0.211 e. The van der Waals surface area contributed by atoms with E-state index in [2.05, 4.69) is 0 Å². The summed E-state index contributed by atoms with van der Waals surface area (Å²) in [7, 11) is -5.61. The van der Waals surface area contributed by atoms with Gasteiger partial charge < -0.3 is 0 Å². The van der Waals surface area contributed by atoms with Crippen LogP contribution in [-0.2, 0) is 15.8 Å². The molecule has 0 aliphatic rings. The average molecular weight is 307 g/mol. The molecule has 0 unspecified atom stereocenters. The first kappa shape index (κ1) is 15.8. The summed E-state index contributed by atoms with van der Waals surface area (Å²) in [5.41, 5.74) is -0.180. The van der Waals surface area contributed by atoms with E-state index in [0.29, 0.717) is 0 Å². The summed E-state index contributed by atoms with van der Waals surface area (Å²) in [6, 6.07) is 6.28. The van der Waals surface area contributed by atoms with Crippen molar-refractivity contribution in [1.82, 2.24) is 4.31 Å². The Labute approximate surface area is 104 Å². The van der Waals surface area contributed by atoms with E-state index in [-0.39, 0.29) is 5.56 Å². The molecule has 0 atom stereocenters. The van der Waals surface area contributed by atoms with Crippen molar-refractivity contribution in [3.63, 3.8) is 0 Å². The maximum absolute atomic E-state index is 12.2. The van der Waals surface area contributed by atoms with Crippen LogP contribution in [0.2, 0.25) is 0 Å². The third kappa shape index (κ3) is 4.10. The van der Waals surface area contributed by atoms with Gasteiger partial charge in [-0.1, -0.05) is 30.3 Å². The summed E-state index contributed by atoms with van der Waals surface area (Å²) < 4.78 is 93.6. The number of hydrogen-bond acceptors (Lipinski definition) is 2. The largest absolute Gasteiger partial charge is 0.480 e. The molecule has 1 aromatic carbocycles. The van der Waals surface area contributed by atoms with Crippen molar-refractivity contribution in [2.75, 3.05) is 0 Å². The van der Waals surface area contributed by atoms with Gasteiger partial charge in [0.1, 0.15) is 0 Å². The standard InChI is InChI=1S/C9H7F6NO2S/c10-8(11,12)16(9(13,14)15)19(17,18)6-7-4-2-1-3-5-7/h1-5H,6H2. The Kier molecular flexibility index (Phi) is 4.15. The quantitative estimate of drug-likeness (QED) is 0.636. The van der Waals surface area contributed by atoms with Crippen LogP contribution in [0.25, 0.3) is 0 Å². The summed E-state index contributed by atoms with van der Waals surface area (Å²) in [5.74, 6) is -1.40. The fourth-order valence-corrected chi connectivity index (χ4v) is 2.68. The van der Waals surface area contributed by atoms with Crippen LogP contribution in [0.3, 0.4) is 0 Å². The number of benzene rings is 1. The smallest absolute Gasteiger partial charge is 0.211 e. The molecule has 10 heteroatoms. The molecule has 19 heavy (non-hydrogen) atoms. The van der Waals surface area contributed by atoms with Crippen molar-refractivity contribution < 1.29 is 34.8 Å².